The van der Waals surface area contributed by atoms with E-state index in [9.17, 15) is 40.5 Å². The number of phenols is 2. The number of hydrogen-bond donors (Lipinski definition) is 7. The molecule has 10 nitrogen and oxygen atoms in total. The lowest BCUT2D eigenvalue weighted by molar-refractivity contribution is -0.231. The van der Waals surface area contributed by atoms with Crippen LogP contribution in [0.15, 0.2) is 45.6 Å². The molecule has 0 saturated carbocycles. The smallest absolute Gasteiger partial charge is 0.235 e. The Hall–Kier alpha value is -3.15. The molecule has 2 heterocycles. The number of benzene rings is 2. The molecule has 31 heavy (non-hydrogen) atoms. The second-order valence-electron chi connectivity index (χ2n) is 7.28. The Morgan fingerprint density at radius 1 is 0.871 bits per heavy atom. The average molecular weight is 432 g/mol. The zero-order valence-corrected chi connectivity index (χ0v) is 15.9. The van der Waals surface area contributed by atoms with Crippen molar-refractivity contribution in [2.75, 3.05) is 6.61 Å². The standard InChI is InChI=1S/C21H20O10/c22-7-12-15(26)16(27)18(29)21(30-12)13-11(24)6-5-10-14(25)17(28)19(31-20(10)13)8-1-3-9(23)4-2-8/h1-6,12,15-16,18,21-24,26-29H,7H2. The summed E-state index contributed by atoms with van der Waals surface area (Å²) < 4.78 is 11.3. The summed E-state index contributed by atoms with van der Waals surface area (Å²) in [6.07, 6.45) is -7.79. The summed E-state index contributed by atoms with van der Waals surface area (Å²) in [4.78, 5) is 12.8. The fourth-order valence-corrected chi connectivity index (χ4v) is 3.68. The second-order valence-corrected chi connectivity index (χ2v) is 7.28. The highest BCUT2D eigenvalue weighted by Crippen LogP contribution is 2.42. The molecule has 1 aliphatic rings. The van der Waals surface area contributed by atoms with Gasteiger partial charge in [0.25, 0.3) is 0 Å². The van der Waals surface area contributed by atoms with Gasteiger partial charge in [-0.05, 0) is 36.4 Å². The zero-order valence-electron chi connectivity index (χ0n) is 15.9. The molecule has 0 spiro atoms. The molecule has 5 atom stereocenters. The Morgan fingerprint density at radius 2 is 1.55 bits per heavy atom. The second kappa shape index (κ2) is 7.84. The maximum atomic E-state index is 12.8. The van der Waals surface area contributed by atoms with E-state index in [1.165, 1.54) is 30.3 Å². The predicted octanol–water partition coefficient (Wildman–Crippen LogP) is 0.0917. The van der Waals surface area contributed by atoms with E-state index in [0.29, 0.717) is 0 Å². The molecule has 1 aromatic heterocycles. The predicted molar refractivity (Wildman–Crippen MR) is 106 cm³/mol. The molecular formula is C21H20O10. The van der Waals surface area contributed by atoms with Gasteiger partial charge >= 0.3 is 0 Å². The molecule has 0 bridgehead atoms. The molecule has 164 valence electrons. The van der Waals surface area contributed by atoms with Crippen molar-refractivity contribution in [3.8, 4) is 28.6 Å². The van der Waals surface area contributed by atoms with Crippen LogP contribution in [0.4, 0.5) is 0 Å². The van der Waals surface area contributed by atoms with Gasteiger partial charge in [-0.2, -0.15) is 0 Å². The number of hydrogen-bond acceptors (Lipinski definition) is 10. The van der Waals surface area contributed by atoms with Crippen LogP contribution in [-0.4, -0.2) is 66.8 Å². The van der Waals surface area contributed by atoms with Crippen LogP contribution in [0.25, 0.3) is 22.3 Å². The van der Waals surface area contributed by atoms with Gasteiger partial charge in [0, 0.05) is 5.56 Å². The van der Waals surface area contributed by atoms with Crippen LogP contribution in [0.5, 0.6) is 17.2 Å². The van der Waals surface area contributed by atoms with Crippen molar-refractivity contribution in [1.82, 2.24) is 0 Å². The quantitative estimate of drug-likeness (QED) is 0.300. The maximum absolute atomic E-state index is 12.8. The van der Waals surface area contributed by atoms with Crippen LogP contribution >= 0.6 is 0 Å². The van der Waals surface area contributed by atoms with Crippen molar-refractivity contribution < 1.29 is 44.9 Å². The van der Waals surface area contributed by atoms with Gasteiger partial charge in [0.15, 0.2) is 5.76 Å². The highest BCUT2D eigenvalue weighted by Gasteiger charge is 2.45. The third kappa shape index (κ3) is 3.40. The van der Waals surface area contributed by atoms with Gasteiger partial charge in [0.1, 0.15) is 47.6 Å². The van der Waals surface area contributed by atoms with Crippen LogP contribution in [0.2, 0.25) is 0 Å². The van der Waals surface area contributed by atoms with Crippen LogP contribution in [0, 0.1) is 0 Å². The maximum Gasteiger partial charge on any atom is 0.235 e. The van der Waals surface area contributed by atoms with Crippen molar-refractivity contribution in [3.63, 3.8) is 0 Å². The number of aromatic hydroxyl groups is 3. The molecule has 1 fully saturated rings. The summed E-state index contributed by atoms with van der Waals surface area (Å²) in [6.45, 7) is -0.684. The number of fused-ring (bicyclic) bond motifs is 1. The SMILES string of the molecule is O=c1c(O)c(-c2ccc(O)cc2)oc2c(C3OC(CO)C(O)C(O)C3O)c(O)ccc12. The van der Waals surface area contributed by atoms with Crippen molar-refractivity contribution >= 4 is 11.0 Å². The first-order chi connectivity index (χ1) is 14.7. The van der Waals surface area contributed by atoms with Gasteiger partial charge in [-0.1, -0.05) is 0 Å². The molecule has 1 saturated heterocycles. The zero-order chi connectivity index (χ0) is 22.4. The third-order valence-corrected chi connectivity index (χ3v) is 5.36. The van der Waals surface area contributed by atoms with Gasteiger partial charge in [-0.25, -0.2) is 0 Å². The van der Waals surface area contributed by atoms with E-state index < -0.39 is 54.1 Å². The average Bonchev–Trinajstić information content (AvgIpc) is 2.76. The lowest BCUT2D eigenvalue weighted by Gasteiger charge is -2.40. The fraction of sp³-hybridized carbons (Fsp3) is 0.286. The Balaban J connectivity index is 1.96. The van der Waals surface area contributed by atoms with Gasteiger partial charge < -0.3 is 44.9 Å². The first-order valence-electron chi connectivity index (χ1n) is 9.36. The number of aliphatic hydroxyl groups excluding tert-OH is 4. The molecule has 10 heteroatoms. The topological polar surface area (TPSA) is 181 Å². The van der Waals surface area contributed by atoms with Crippen LogP contribution < -0.4 is 5.43 Å². The van der Waals surface area contributed by atoms with Crippen LogP contribution in [0.1, 0.15) is 11.7 Å². The van der Waals surface area contributed by atoms with Crippen molar-refractivity contribution in [2.24, 2.45) is 0 Å². The number of phenolic OH excluding ortho intramolecular Hbond substituents is 2. The van der Waals surface area contributed by atoms with E-state index in [1.54, 1.807) is 0 Å². The largest absolute Gasteiger partial charge is 0.508 e. The molecule has 4 rings (SSSR count). The highest BCUT2D eigenvalue weighted by molar-refractivity contribution is 5.86. The normalized spacial score (nSPS) is 26.3. The lowest BCUT2D eigenvalue weighted by Crippen LogP contribution is -2.55. The van der Waals surface area contributed by atoms with Gasteiger partial charge in [-0.15, -0.1) is 0 Å². The summed E-state index contributed by atoms with van der Waals surface area (Å²) in [6, 6.07) is 7.78. The summed E-state index contributed by atoms with van der Waals surface area (Å²) in [5.41, 5.74) is -1.01. The van der Waals surface area contributed by atoms with E-state index >= 15 is 0 Å². The first-order valence-corrected chi connectivity index (χ1v) is 9.36. The molecule has 0 radical (unpaired) electrons. The Bertz CT molecular complexity index is 1170. The van der Waals surface area contributed by atoms with Gasteiger partial charge in [-0.3, -0.25) is 4.79 Å². The Labute approximate surface area is 174 Å². The van der Waals surface area contributed by atoms with Crippen molar-refractivity contribution in [1.29, 1.82) is 0 Å². The molecule has 2 aromatic carbocycles. The van der Waals surface area contributed by atoms with E-state index in [4.69, 9.17) is 9.15 Å². The minimum absolute atomic E-state index is 0.0500. The third-order valence-electron chi connectivity index (χ3n) is 5.36. The number of aliphatic hydroxyl groups is 4. The molecule has 7 N–H and O–H groups in total. The summed E-state index contributed by atoms with van der Waals surface area (Å²) >= 11 is 0. The van der Waals surface area contributed by atoms with E-state index in [2.05, 4.69) is 0 Å². The number of ether oxygens (including phenoxy) is 1. The minimum Gasteiger partial charge on any atom is -0.508 e. The molecule has 0 amide bonds. The van der Waals surface area contributed by atoms with Gasteiger partial charge in [0.05, 0.1) is 17.6 Å². The van der Waals surface area contributed by atoms with Crippen molar-refractivity contribution in [3.05, 3.63) is 52.2 Å². The molecule has 0 aliphatic carbocycles. The van der Waals surface area contributed by atoms with Crippen LogP contribution in [-0.2, 0) is 4.74 Å². The molecular weight excluding hydrogens is 412 g/mol. The van der Waals surface area contributed by atoms with E-state index in [0.717, 1.165) is 6.07 Å². The fourth-order valence-electron chi connectivity index (χ4n) is 3.68. The summed E-state index contributed by atoms with van der Waals surface area (Å²) in [7, 11) is 0. The molecule has 5 unspecified atom stereocenters. The van der Waals surface area contributed by atoms with Gasteiger partial charge in [0.2, 0.25) is 11.2 Å². The monoisotopic (exact) mass is 432 g/mol. The minimum atomic E-state index is -1.73. The highest BCUT2D eigenvalue weighted by atomic mass is 16.5. The Morgan fingerprint density at radius 3 is 2.19 bits per heavy atom. The number of rotatable bonds is 3. The van der Waals surface area contributed by atoms with Crippen LogP contribution in [0.3, 0.4) is 0 Å². The molecule has 3 aromatic rings. The summed E-state index contributed by atoms with van der Waals surface area (Å²) in [5, 5.41) is 70.3. The Kier molecular flexibility index (Phi) is 5.33. The van der Waals surface area contributed by atoms with Crippen molar-refractivity contribution in [2.45, 2.75) is 30.5 Å². The lowest BCUT2D eigenvalue weighted by atomic mass is 9.90. The molecule has 1 aliphatic heterocycles. The van der Waals surface area contributed by atoms with E-state index in [1.807, 2.05) is 0 Å². The first kappa shape index (κ1) is 21.1. The van der Waals surface area contributed by atoms with E-state index in [-0.39, 0.29) is 33.6 Å². The summed E-state index contributed by atoms with van der Waals surface area (Å²) in [5.74, 6) is -1.45.